The van der Waals surface area contributed by atoms with Crippen molar-refractivity contribution in [1.82, 2.24) is 5.32 Å². The molecule has 2 amide bonds. The number of nitrogens with two attached hydrogens (primary N) is 3. The van der Waals surface area contributed by atoms with Gasteiger partial charge < -0.3 is 26.7 Å². The highest BCUT2D eigenvalue weighted by Crippen LogP contribution is 2.01. The van der Waals surface area contributed by atoms with E-state index >= 15 is 0 Å². The normalized spacial score (nSPS) is 12.8. The summed E-state index contributed by atoms with van der Waals surface area (Å²) >= 11 is 0. The molecule has 0 radical (unpaired) electrons. The zero-order valence-electron chi connectivity index (χ0n) is 9.79. The Morgan fingerprint density at radius 1 is 1.33 bits per heavy atom. The van der Waals surface area contributed by atoms with Crippen molar-refractivity contribution >= 4 is 22.1 Å². The minimum absolute atomic E-state index is 0.145. The molecule has 0 saturated carbocycles. The van der Waals surface area contributed by atoms with Crippen molar-refractivity contribution in [3.63, 3.8) is 0 Å². The Balaban J connectivity index is 4.00. The van der Waals surface area contributed by atoms with E-state index in [4.69, 9.17) is 17.2 Å². The van der Waals surface area contributed by atoms with Gasteiger partial charge in [-0.05, 0) is 12.8 Å². The predicted molar refractivity (Wildman–Crippen MR) is 63.7 cm³/mol. The molecule has 0 aliphatic heterocycles. The lowest BCUT2D eigenvalue weighted by Crippen LogP contribution is -2.36. The van der Waals surface area contributed by atoms with Crippen LogP contribution < -0.4 is 22.5 Å². The van der Waals surface area contributed by atoms with Gasteiger partial charge in [0.2, 0.25) is 0 Å². The van der Waals surface area contributed by atoms with Crippen LogP contribution >= 0.6 is 0 Å². The van der Waals surface area contributed by atoms with E-state index in [1.165, 1.54) is 0 Å². The van der Waals surface area contributed by atoms with Gasteiger partial charge in [-0.3, -0.25) is 0 Å². The van der Waals surface area contributed by atoms with Crippen molar-refractivity contribution < 1.29 is 22.2 Å². The third-order valence-electron chi connectivity index (χ3n) is 1.87. The summed E-state index contributed by atoms with van der Waals surface area (Å²) in [6, 6.07) is -1.76. The lowest BCUT2D eigenvalue weighted by atomic mass is 10.2. The summed E-state index contributed by atoms with van der Waals surface area (Å²) in [5.41, 5.74) is 15.3. The third-order valence-corrected chi connectivity index (χ3v) is 3.02. The first kappa shape index (κ1) is 16.6. The summed E-state index contributed by atoms with van der Waals surface area (Å²) in [6.07, 6.45) is 0.535. The van der Waals surface area contributed by atoms with Gasteiger partial charge in [-0.2, -0.15) is 8.42 Å². The molecule has 0 rings (SSSR count). The number of amides is 2. The molecule has 1 atom stereocenters. The van der Waals surface area contributed by atoms with Gasteiger partial charge in [0.15, 0.2) is 0 Å². The summed E-state index contributed by atoms with van der Waals surface area (Å²) in [7, 11) is -3.96. The second kappa shape index (κ2) is 7.84. The van der Waals surface area contributed by atoms with Gasteiger partial charge in [0, 0.05) is 13.1 Å². The van der Waals surface area contributed by atoms with Crippen LogP contribution in [0.15, 0.2) is 0 Å². The zero-order chi connectivity index (χ0) is 14.2. The smallest absolute Gasteiger partial charge is 0.338 e. The molecule has 0 bridgehead atoms. The summed E-state index contributed by atoms with van der Waals surface area (Å²) in [5.74, 6) is -1.49. The molecule has 0 saturated heterocycles. The number of hydrogen-bond donors (Lipinski definition) is 4. The van der Waals surface area contributed by atoms with Crippen LogP contribution in [0.4, 0.5) is 4.79 Å². The monoisotopic (exact) mass is 282 g/mol. The molecule has 18 heavy (non-hydrogen) atoms. The maximum absolute atomic E-state index is 11.3. The number of hydrogen-bond acceptors (Lipinski definition) is 7. The fourth-order valence-corrected chi connectivity index (χ4v) is 1.77. The SMILES string of the molecule is NCCS(=O)(=O)OC(=O)[C@@H](N)CCCNC(N)=O. The fraction of sp³-hybridized carbons (Fsp3) is 0.750. The zero-order valence-corrected chi connectivity index (χ0v) is 10.6. The quantitative estimate of drug-likeness (QED) is 0.284. The molecular formula is C8H18N4O5S. The second-order valence-electron chi connectivity index (χ2n) is 3.49. The lowest BCUT2D eigenvalue weighted by Gasteiger charge is -2.10. The number of carbonyl (C=O) groups excluding carboxylic acids is 2. The first-order valence-corrected chi connectivity index (χ1v) is 6.81. The molecule has 0 spiro atoms. The van der Waals surface area contributed by atoms with E-state index in [2.05, 4.69) is 9.50 Å². The average molecular weight is 282 g/mol. The molecule has 0 unspecified atom stereocenters. The third kappa shape index (κ3) is 7.81. The lowest BCUT2D eigenvalue weighted by molar-refractivity contribution is -0.135. The predicted octanol–water partition coefficient (Wildman–Crippen LogP) is -2.41. The Kier molecular flexibility index (Phi) is 7.24. The van der Waals surface area contributed by atoms with Crippen molar-refractivity contribution in [3.05, 3.63) is 0 Å². The molecule has 10 heteroatoms. The standard InChI is InChI=1S/C8H18N4O5S/c9-3-5-18(15,16)17-7(13)6(10)2-1-4-12-8(11)14/h6H,1-5,9-10H2,(H3,11,12,14)/t6-/m0/s1. The number of urea groups is 1. The van der Waals surface area contributed by atoms with Crippen LogP contribution in [-0.4, -0.2) is 45.3 Å². The van der Waals surface area contributed by atoms with E-state index in [0.29, 0.717) is 6.42 Å². The minimum atomic E-state index is -3.96. The molecule has 0 heterocycles. The second-order valence-corrected chi connectivity index (χ2v) is 5.18. The van der Waals surface area contributed by atoms with Gasteiger partial charge >= 0.3 is 22.1 Å². The Bertz CT molecular complexity index is 383. The van der Waals surface area contributed by atoms with Crippen LogP contribution in [-0.2, 0) is 19.1 Å². The molecule has 0 aliphatic carbocycles. The van der Waals surface area contributed by atoms with E-state index < -0.39 is 33.9 Å². The van der Waals surface area contributed by atoms with Crippen molar-refractivity contribution in [2.45, 2.75) is 18.9 Å². The largest absolute Gasteiger partial charge is 0.352 e. The average Bonchev–Trinajstić information content (AvgIpc) is 2.22. The maximum atomic E-state index is 11.3. The summed E-state index contributed by atoms with van der Waals surface area (Å²) in [4.78, 5) is 21.6. The van der Waals surface area contributed by atoms with Crippen LogP contribution in [0.1, 0.15) is 12.8 Å². The Morgan fingerprint density at radius 3 is 2.44 bits per heavy atom. The highest BCUT2D eigenvalue weighted by atomic mass is 32.2. The van der Waals surface area contributed by atoms with Crippen LogP contribution in [0.2, 0.25) is 0 Å². The molecule has 0 aromatic rings. The van der Waals surface area contributed by atoms with E-state index in [0.717, 1.165) is 0 Å². The van der Waals surface area contributed by atoms with Crippen molar-refractivity contribution in [2.24, 2.45) is 17.2 Å². The first-order valence-electron chi connectivity index (χ1n) is 5.23. The van der Waals surface area contributed by atoms with E-state index in [9.17, 15) is 18.0 Å². The van der Waals surface area contributed by atoms with Gasteiger partial charge in [-0.15, -0.1) is 0 Å². The molecule has 9 nitrogen and oxygen atoms in total. The Hall–Kier alpha value is -1.39. The Morgan fingerprint density at radius 2 is 1.94 bits per heavy atom. The number of carbonyl (C=O) groups is 2. The summed E-state index contributed by atoms with van der Waals surface area (Å²) < 4.78 is 26.5. The van der Waals surface area contributed by atoms with Crippen molar-refractivity contribution in [3.8, 4) is 0 Å². The van der Waals surface area contributed by atoms with Crippen LogP contribution in [0.25, 0.3) is 0 Å². The molecule has 7 N–H and O–H groups in total. The molecule has 106 valence electrons. The van der Waals surface area contributed by atoms with Gasteiger partial charge in [-0.1, -0.05) is 0 Å². The first-order chi connectivity index (χ1) is 8.28. The molecule has 0 aromatic carbocycles. The van der Waals surface area contributed by atoms with E-state index in [-0.39, 0.29) is 19.5 Å². The number of nitrogens with one attached hydrogen (secondary N) is 1. The van der Waals surface area contributed by atoms with Crippen LogP contribution in [0, 0.1) is 0 Å². The van der Waals surface area contributed by atoms with Crippen LogP contribution in [0.5, 0.6) is 0 Å². The minimum Gasteiger partial charge on any atom is -0.352 e. The number of primary amides is 1. The topological polar surface area (TPSA) is 168 Å². The summed E-state index contributed by atoms with van der Waals surface area (Å²) in [6.45, 7) is 0.0965. The number of rotatable bonds is 8. The Labute approximate surface area is 105 Å². The van der Waals surface area contributed by atoms with Crippen LogP contribution in [0.3, 0.4) is 0 Å². The van der Waals surface area contributed by atoms with E-state index in [1.54, 1.807) is 0 Å². The molecule has 0 aliphatic rings. The van der Waals surface area contributed by atoms with Gasteiger partial charge in [-0.25, -0.2) is 9.59 Å². The van der Waals surface area contributed by atoms with Gasteiger partial charge in [0.25, 0.3) is 0 Å². The van der Waals surface area contributed by atoms with Gasteiger partial charge in [0.05, 0.1) is 5.75 Å². The highest BCUT2D eigenvalue weighted by molar-refractivity contribution is 7.87. The molecule has 0 fully saturated rings. The highest BCUT2D eigenvalue weighted by Gasteiger charge is 2.21. The maximum Gasteiger partial charge on any atom is 0.338 e. The van der Waals surface area contributed by atoms with Gasteiger partial charge in [0.1, 0.15) is 6.04 Å². The molecular weight excluding hydrogens is 264 g/mol. The molecule has 0 aromatic heterocycles. The van der Waals surface area contributed by atoms with Crippen molar-refractivity contribution in [1.29, 1.82) is 0 Å². The van der Waals surface area contributed by atoms with Crippen molar-refractivity contribution in [2.75, 3.05) is 18.8 Å². The van der Waals surface area contributed by atoms with E-state index in [1.807, 2.05) is 0 Å². The fourth-order valence-electron chi connectivity index (χ4n) is 1.02. The summed E-state index contributed by atoms with van der Waals surface area (Å²) in [5, 5.41) is 2.30.